The SMILES string of the molecule is Cc1ccc(C(N)c2ccc(Br)cc2C)o1. The van der Waals surface area contributed by atoms with Crippen molar-refractivity contribution in [3.05, 3.63) is 57.5 Å². The van der Waals surface area contributed by atoms with Crippen LogP contribution in [-0.2, 0) is 0 Å². The molecule has 0 saturated carbocycles. The van der Waals surface area contributed by atoms with Crippen molar-refractivity contribution in [1.82, 2.24) is 0 Å². The van der Waals surface area contributed by atoms with Gasteiger partial charge in [-0.05, 0) is 49.2 Å². The van der Waals surface area contributed by atoms with E-state index < -0.39 is 0 Å². The molecular formula is C13H14BrNO. The first-order valence-corrected chi connectivity index (χ1v) is 5.95. The lowest BCUT2D eigenvalue weighted by Crippen LogP contribution is -2.12. The van der Waals surface area contributed by atoms with Crippen LogP contribution in [0.25, 0.3) is 0 Å². The number of benzene rings is 1. The van der Waals surface area contributed by atoms with Crippen LogP contribution < -0.4 is 5.73 Å². The van der Waals surface area contributed by atoms with Gasteiger partial charge in [-0.25, -0.2) is 0 Å². The maximum atomic E-state index is 6.17. The normalized spacial score (nSPS) is 12.8. The molecule has 0 spiro atoms. The first kappa shape index (κ1) is 11.4. The van der Waals surface area contributed by atoms with Crippen molar-refractivity contribution in [1.29, 1.82) is 0 Å². The van der Waals surface area contributed by atoms with E-state index >= 15 is 0 Å². The maximum Gasteiger partial charge on any atom is 0.125 e. The second-order valence-corrected chi connectivity index (χ2v) is 4.84. The fourth-order valence-corrected chi connectivity index (χ4v) is 2.24. The highest BCUT2D eigenvalue weighted by Gasteiger charge is 2.14. The van der Waals surface area contributed by atoms with Crippen molar-refractivity contribution >= 4 is 15.9 Å². The van der Waals surface area contributed by atoms with E-state index in [1.807, 2.05) is 31.2 Å². The van der Waals surface area contributed by atoms with E-state index in [-0.39, 0.29) is 6.04 Å². The summed E-state index contributed by atoms with van der Waals surface area (Å²) in [5.41, 5.74) is 8.43. The zero-order valence-corrected chi connectivity index (χ0v) is 10.9. The molecule has 3 heteroatoms. The zero-order chi connectivity index (χ0) is 11.7. The molecule has 2 aromatic rings. The van der Waals surface area contributed by atoms with Crippen molar-refractivity contribution in [3.63, 3.8) is 0 Å². The number of furan rings is 1. The van der Waals surface area contributed by atoms with Gasteiger partial charge in [-0.1, -0.05) is 22.0 Å². The second kappa shape index (κ2) is 4.44. The van der Waals surface area contributed by atoms with Crippen molar-refractivity contribution in [2.24, 2.45) is 5.73 Å². The Kier molecular flexibility index (Phi) is 3.17. The molecule has 1 atom stereocenters. The van der Waals surface area contributed by atoms with E-state index in [0.717, 1.165) is 27.1 Å². The predicted octanol–water partition coefficient (Wildman–Crippen LogP) is 3.71. The third-order valence-electron chi connectivity index (χ3n) is 2.63. The lowest BCUT2D eigenvalue weighted by molar-refractivity contribution is 0.465. The first-order chi connectivity index (χ1) is 7.58. The molecule has 2 N–H and O–H groups in total. The molecule has 1 aromatic carbocycles. The van der Waals surface area contributed by atoms with Gasteiger partial charge in [0.15, 0.2) is 0 Å². The van der Waals surface area contributed by atoms with Gasteiger partial charge in [-0.15, -0.1) is 0 Å². The molecule has 0 aliphatic carbocycles. The van der Waals surface area contributed by atoms with Crippen LogP contribution in [0.15, 0.2) is 39.2 Å². The van der Waals surface area contributed by atoms with E-state index in [4.69, 9.17) is 10.2 Å². The molecule has 2 rings (SSSR count). The van der Waals surface area contributed by atoms with Crippen LogP contribution in [-0.4, -0.2) is 0 Å². The molecule has 0 saturated heterocycles. The van der Waals surface area contributed by atoms with Gasteiger partial charge in [0.25, 0.3) is 0 Å². The van der Waals surface area contributed by atoms with E-state index in [1.165, 1.54) is 0 Å². The lowest BCUT2D eigenvalue weighted by atomic mass is 10.0. The Labute approximate surface area is 104 Å². The molecule has 1 heterocycles. The van der Waals surface area contributed by atoms with Crippen LogP contribution in [0.5, 0.6) is 0 Å². The average molecular weight is 280 g/mol. The van der Waals surface area contributed by atoms with E-state index in [2.05, 4.69) is 28.9 Å². The molecule has 0 fully saturated rings. The van der Waals surface area contributed by atoms with Gasteiger partial charge in [0.05, 0.1) is 6.04 Å². The minimum atomic E-state index is -0.193. The molecule has 0 amide bonds. The molecule has 2 nitrogen and oxygen atoms in total. The van der Waals surface area contributed by atoms with Crippen LogP contribution in [0.4, 0.5) is 0 Å². The van der Waals surface area contributed by atoms with Gasteiger partial charge in [0.1, 0.15) is 11.5 Å². The summed E-state index contributed by atoms with van der Waals surface area (Å²) < 4.78 is 6.61. The Hall–Kier alpha value is -1.06. The Morgan fingerprint density at radius 2 is 1.94 bits per heavy atom. The topological polar surface area (TPSA) is 39.2 Å². The highest BCUT2D eigenvalue weighted by molar-refractivity contribution is 9.10. The summed E-state index contributed by atoms with van der Waals surface area (Å²) >= 11 is 3.44. The average Bonchev–Trinajstić information content (AvgIpc) is 2.64. The highest BCUT2D eigenvalue weighted by atomic mass is 79.9. The molecule has 0 bridgehead atoms. The van der Waals surface area contributed by atoms with Gasteiger partial charge in [0.2, 0.25) is 0 Å². The molecule has 1 unspecified atom stereocenters. The van der Waals surface area contributed by atoms with Crippen LogP contribution in [0.1, 0.15) is 28.7 Å². The van der Waals surface area contributed by atoms with Gasteiger partial charge in [-0.3, -0.25) is 0 Å². The van der Waals surface area contributed by atoms with Gasteiger partial charge in [0, 0.05) is 4.47 Å². The van der Waals surface area contributed by atoms with E-state index in [1.54, 1.807) is 0 Å². The summed E-state index contributed by atoms with van der Waals surface area (Å²) in [5, 5.41) is 0. The van der Waals surface area contributed by atoms with Crippen molar-refractivity contribution in [2.75, 3.05) is 0 Å². The number of hydrogen-bond acceptors (Lipinski definition) is 2. The van der Waals surface area contributed by atoms with Crippen LogP contribution in [0.3, 0.4) is 0 Å². The number of halogens is 1. The third kappa shape index (κ3) is 2.20. The van der Waals surface area contributed by atoms with E-state index in [0.29, 0.717) is 0 Å². The number of nitrogens with two attached hydrogens (primary N) is 1. The number of rotatable bonds is 2. The standard InChI is InChI=1S/C13H14BrNO/c1-8-7-10(14)4-5-11(8)13(15)12-6-3-9(2)16-12/h3-7,13H,15H2,1-2H3. The molecule has 1 aromatic heterocycles. The van der Waals surface area contributed by atoms with E-state index in [9.17, 15) is 0 Å². The van der Waals surface area contributed by atoms with Crippen LogP contribution in [0, 0.1) is 13.8 Å². The Morgan fingerprint density at radius 3 is 2.50 bits per heavy atom. The minimum absolute atomic E-state index is 0.193. The molecule has 0 radical (unpaired) electrons. The van der Waals surface area contributed by atoms with Crippen molar-refractivity contribution in [3.8, 4) is 0 Å². The molecule has 84 valence electrons. The van der Waals surface area contributed by atoms with Crippen molar-refractivity contribution < 1.29 is 4.42 Å². The van der Waals surface area contributed by atoms with Gasteiger partial charge in [-0.2, -0.15) is 0 Å². The first-order valence-electron chi connectivity index (χ1n) is 5.16. The highest BCUT2D eigenvalue weighted by Crippen LogP contribution is 2.26. The quantitative estimate of drug-likeness (QED) is 0.910. The predicted molar refractivity (Wildman–Crippen MR) is 68.4 cm³/mol. The smallest absolute Gasteiger partial charge is 0.125 e. The fraction of sp³-hybridized carbons (Fsp3) is 0.231. The molecule has 16 heavy (non-hydrogen) atoms. The Bertz CT molecular complexity index is 504. The number of aryl methyl sites for hydroxylation is 2. The molecular weight excluding hydrogens is 266 g/mol. The summed E-state index contributed by atoms with van der Waals surface area (Å²) in [6.45, 7) is 3.97. The minimum Gasteiger partial charge on any atom is -0.464 e. The zero-order valence-electron chi connectivity index (χ0n) is 9.33. The summed E-state index contributed by atoms with van der Waals surface area (Å²) in [6, 6.07) is 9.76. The fourth-order valence-electron chi connectivity index (χ4n) is 1.76. The van der Waals surface area contributed by atoms with Gasteiger partial charge < -0.3 is 10.2 Å². The molecule has 0 aliphatic heterocycles. The Balaban J connectivity index is 2.37. The number of hydrogen-bond donors (Lipinski definition) is 1. The second-order valence-electron chi connectivity index (χ2n) is 3.93. The van der Waals surface area contributed by atoms with Crippen LogP contribution >= 0.6 is 15.9 Å². The summed E-state index contributed by atoms with van der Waals surface area (Å²) in [6.07, 6.45) is 0. The van der Waals surface area contributed by atoms with Gasteiger partial charge >= 0.3 is 0 Å². The Morgan fingerprint density at radius 1 is 1.19 bits per heavy atom. The monoisotopic (exact) mass is 279 g/mol. The van der Waals surface area contributed by atoms with Crippen LogP contribution in [0.2, 0.25) is 0 Å². The third-order valence-corrected chi connectivity index (χ3v) is 3.13. The lowest BCUT2D eigenvalue weighted by Gasteiger charge is -2.12. The maximum absolute atomic E-state index is 6.17. The summed E-state index contributed by atoms with van der Waals surface area (Å²) in [4.78, 5) is 0. The summed E-state index contributed by atoms with van der Waals surface area (Å²) in [7, 11) is 0. The molecule has 0 aliphatic rings. The largest absolute Gasteiger partial charge is 0.464 e. The summed E-state index contributed by atoms with van der Waals surface area (Å²) in [5.74, 6) is 1.70. The van der Waals surface area contributed by atoms with Crippen molar-refractivity contribution in [2.45, 2.75) is 19.9 Å².